The van der Waals surface area contributed by atoms with E-state index in [0.29, 0.717) is 30.7 Å². The minimum Gasteiger partial charge on any atom is -0.496 e. The lowest BCUT2D eigenvalue weighted by Gasteiger charge is -2.30. The molecule has 0 spiro atoms. The van der Waals surface area contributed by atoms with E-state index in [1.807, 2.05) is 0 Å². The first-order chi connectivity index (χ1) is 9.13. The van der Waals surface area contributed by atoms with Crippen molar-refractivity contribution in [2.75, 3.05) is 13.7 Å². The molecular weight excluding hydrogens is 247 g/mol. The molecule has 19 heavy (non-hydrogen) atoms. The number of rotatable bonds is 3. The van der Waals surface area contributed by atoms with Crippen molar-refractivity contribution in [2.45, 2.75) is 19.4 Å². The average molecular weight is 262 g/mol. The Morgan fingerprint density at radius 1 is 1.58 bits per heavy atom. The molecule has 1 heterocycles. The van der Waals surface area contributed by atoms with E-state index in [2.05, 4.69) is 6.07 Å². The maximum absolute atomic E-state index is 13.3. The van der Waals surface area contributed by atoms with E-state index in [1.54, 1.807) is 11.0 Å². The Morgan fingerprint density at radius 3 is 3.05 bits per heavy atom. The molecule has 4 nitrogen and oxygen atoms in total. The zero-order valence-electron chi connectivity index (χ0n) is 10.7. The highest BCUT2D eigenvalue weighted by Crippen LogP contribution is 2.24. The molecule has 5 heteroatoms. The minimum atomic E-state index is -0.364. The van der Waals surface area contributed by atoms with Crippen molar-refractivity contribution < 1.29 is 13.9 Å². The van der Waals surface area contributed by atoms with E-state index in [1.165, 1.54) is 19.2 Å². The summed E-state index contributed by atoms with van der Waals surface area (Å²) in [6, 6.07) is 6.40. The molecular formula is C14H15FN2O2. The van der Waals surface area contributed by atoms with Crippen LogP contribution in [0.1, 0.15) is 18.4 Å². The third-order valence-corrected chi connectivity index (χ3v) is 3.29. The number of carbonyl (C=O) groups excluding carboxylic acids is 1. The molecule has 1 aliphatic rings. The van der Waals surface area contributed by atoms with Crippen LogP contribution in [0.4, 0.5) is 4.39 Å². The van der Waals surface area contributed by atoms with Crippen molar-refractivity contribution in [2.24, 2.45) is 5.92 Å². The van der Waals surface area contributed by atoms with E-state index in [4.69, 9.17) is 10.00 Å². The number of nitriles is 1. The smallest absolute Gasteiger partial charge is 0.222 e. The summed E-state index contributed by atoms with van der Waals surface area (Å²) in [6.45, 7) is 0.674. The number of nitrogens with zero attached hydrogens (tertiary/aromatic N) is 2. The molecule has 1 aromatic carbocycles. The highest BCUT2D eigenvalue weighted by atomic mass is 19.1. The SMILES string of the molecule is COc1ccc(F)cc1CN1CC(C#N)CCC1=O. The number of hydrogen-bond acceptors (Lipinski definition) is 3. The topological polar surface area (TPSA) is 53.3 Å². The molecule has 1 saturated heterocycles. The van der Waals surface area contributed by atoms with Gasteiger partial charge in [-0.2, -0.15) is 5.26 Å². The molecule has 1 amide bonds. The van der Waals surface area contributed by atoms with Crippen molar-refractivity contribution >= 4 is 5.91 Å². The van der Waals surface area contributed by atoms with Crippen molar-refractivity contribution in [3.8, 4) is 11.8 Å². The summed E-state index contributed by atoms with van der Waals surface area (Å²) in [5.74, 6) is 0.0421. The van der Waals surface area contributed by atoms with Gasteiger partial charge in [-0.3, -0.25) is 4.79 Å². The lowest BCUT2D eigenvalue weighted by Crippen LogP contribution is -2.39. The standard InChI is InChI=1S/C14H15FN2O2/c1-19-13-4-3-12(15)6-11(13)9-17-8-10(7-16)2-5-14(17)18/h3-4,6,10H,2,5,8-9H2,1H3. The van der Waals surface area contributed by atoms with E-state index in [0.717, 1.165) is 0 Å². The van der Waals surface area contributed by atoms with Gasteiger partial charge in [0.15, 0.2) is 0 Å². The third kappa shape index (κ3) is 3.02. The molecule has 0 aromatic heterocycles. The van der Waals surface area contributed by atoms with E-state index in [-0.39, 0.29) is 24.2 Å². The van der Waals surface area contributed by atoms with Crippen LogP contribution in [0.25, 0.3) is 0 Å². The number of carbonyl (C=O) groups is 1. The van der Waals surface area contributed by atoms with Gasteiger partial charge in [0.1, 0.15) is 11.6 Å². The number of methoxy groups -OCH3 is 1. The van der Waals surface area contributed by atoms with Crippen LogP contribution < -0.4 is 4.74 Å². The lowest BCUT2D eigenvalue weighted by molar-refractivity contribution is -0.134. The van der Waals surface area contributed by atoms with Crippen LogP contribution in [0.5, 0.6) is 5.75 Å². The first-order valence-electron chi connectivity index (χ1n) is 6.14. The van der Waals surface area contributed by atoms with Crippen molar-refractivity contribution in [3.05, 3.63) is 29.6 Å². The summed E-state index contributed by atoms with van der Waals surface area (Å²) < 4.78 is 18.4. The average Bonchev–Trinajstić information content (AvgIpc) is 2.41. The molecule has 1 fully saturated rings. The summed E-state index contributed by atoms with van der Waals surface area (Å²) >= 11 is 0. The van der Waals surface area contributed by atoms with Crippen LogP contribution in [0.15, 0.2) is 18.2 Å². The Morgan fingerprint density at radius 2 is 2.37 bits per heavy atom. The molecule has 100 valence electrons. The predicted octanol–water partition coefficient (Wildman–Crippen LogP) is 2.10. The Balaban J connectivity index is 2.17. The molecule has 1 atom stereocenters. The third-order valence-electron chi connectivity index (χ3n) is 3.29. The Hall–Kier alpha value is -2.09. The van der Waals surface area contributed by atoms with Gasteiger partial charge < -0.3 is 9.64 Å². The second-order valence-corrected chi connectivity index (χ2v) is 4.60. The normalized spacial score (nSPS) is 19.1. The highest BCUT2D eigenvalue weighted by molar-refractivity contribution is 5.77. The summed E-state index contributed by atoms with van der Waals surface area (Å²) in [6.07, 6.45) is 0.974. The van der Waals surface area contributed by atoms with Gasteiger partial charge in [0.2, 0.25) is 5.91 Å². The number of hydrogen-bond donors (Lipinski definition) is 0. The predicted molar refractivity (Wildman–Crippen MR) is 66.7 cm³/mol. The van der Waals surface area contributed by atoms with E-state index < -0.39 is 0 Å². The molecule has 0 N–H and O–H groups in total. The number of halogens is 1. The molecule has 1 unspecified atom stereocenters. The Labute approximate surface area is 111 Å². The summed E-state index contributed by atoms with van der Waals surface area (Å²) in [7, 11) is 1.51. The summed E-state index contributed by atoms with van der Waals surface area (Å²) in [4.78, 5) is 13.4. The van der Waals surface area contributed by atoms with Crippen LogP contribution in [0.3, 0.4) is 0 Å². The van der Waals surface area contributed by atoms with Crippen LogP contribution in [0, 0.1) is 23.1 Å². The molecule has 1 aromatic rings. The molecule has 0 saturated carbocycles. The maximum Gasteiger partial charge on any atom is 0.222 e. The number of ether oxygens (including phenoxy) is 1. The van der Waals surface area contributed by atoms with Gasteiger partial charge in [-0.15, -0.1) is 0 Å². The van der Waals surface area contributed by atoms with Crippen molar-refractivity contribution in [3.63, 3.8) is 0 Å². The molecule has 0 bridgehead atoms. The van der Waals surface area contributed by atoms with Crippen LogP contribution >= 0.6 is 0 Å². The molecule has 2 rings (SSSR count). The largest absolute Gasteiger partial charge is 0.496 e. The number of amides is 1. The van der Waals surface area contributed by atoms with Gasteiger partial charge >= 0.3 is 0 Å². The fourth-order valence-electron chi connectivity index (χ4n) is 2.25. The Bertz CT molecular complexity index is 525. The second kappa shape index (κ2) is 5.70. The maximum atomic E-state index is 13.3. The van der Waals surface area contributed by atoms with Crippen molar-refractivity contribution in [1.29, 1.82) is 5.26 Å². The van der Waals surface area contributed by atoms with Gasteiger partial charge in [-0.1, -0.05) is 0 Å². The molecule has 1 aliphatic heterocycles. The Kier molecular flexibility index (Phi) is 4.00. The number of benzene rings is 1. The number of piperidine rings is 1. The van der Waals surface area contributed by atoms with Crippen LogP contribution in [-0.4, -0.2) is 24.5 Å². The highest BCUT2D eigenvalue weighted by Gasteiger charge is 2.26. The quantitative estimate of drug-likeness (QED) is 0.838. The van der Waals surface area contributed by atoms with Gasteiger partial charge in [-0.05, 0) is 24.6 Å². The van der Waals surface area contributed by atoms with Gasteiger partial charge in [0, 0.05) is 25.1 Å². The first-order valence-corrected chi connectivity index (χ1v) is 6.14. The summed E-state index contributed by atoms with van der Waals surface area (Å²) in [5, 5.41) is 8.93. The van der Waals surface area contributed by atoms with Gasteiger partial charge in [0.25, 0.3) is 0 Å². The fourth-order valence-corrected chi connectivity index (χ4v) is 2.25. The first kappa shape index (κ1) is 13.3. The lowest BCUT2D eigenvalue weighted by atomic mass is 9.98. The monoisotopic (exact) mass is 262 g/mol. The summed E-state index contributed by atoms with van der Waals surface area (Å²) in [5.41, 5.74) is 0.620. The zero-order chi connectivity index (χ0) is 13.8. The van der Waals surface area contributed by atoms with Crippen LogP contribution in [-0.2, 0) is 11.3 Å². The van der Waals surface area contributed by atoms with Crippen molar-refractivity contribution in [1.82, 2.24) is 4.90 Å². The second-order valence-electron chi connectivity index (χ2n) is 4.60. The van der Waals surface area contributed by atoms with Gasteiger partial charge in [0.05, 0.1) is 19.1 Å². The molecule has 0 aliphatic carbocycles. The fraction of sp³-hybridized carbons (Fsp3) is 0.429. The number of likely N-dealkylation sites (tertiary alicyclic amines) is 1. The molecule has 0 radical (unpaired) electrons. The minimum absolute atomic E-state index is 0.00202. The van der Waals surface area contributed by atoms with E-state index >= 15 is 0 Å². The van der Waals surface area contributed by atoms with E-state index in [9.17, 15) is 9.18 Å². The zero-order valence-corrected chi connectivity index (χ0v) is 10.7. The van der Waals surface area contributed by atoms with Gasteiger partial charge in [-0.25, -0.2) is 4.39 Å². The van der Waals surface area contributed by atoms with Crippen LogP contribution in [0.2, 0.25) is 0 Å².